The maximum atomic E-state index is 14.0. The summed E-state index contributed by atoms with van der Waals surface area (Å²) in [6.45, 7) is 2.56. The van der Waals surface area contributed by atoms with Crippen LogP contribution in [0, 0.1) is 11.8 Å². The van der Waals surface area contributed by atoms with Gasteiger partial charge in [-0.05, 0) is 40.8 Å². The van der Waals surface area contributed by atoms with E-state index >= 15 is 0 Å². The number of hydrogen-bond donors (Lipinski definition) is 0. The monoisotopic (exact) mass is 487 g/mol. The molecule has 2 amide bonds. The Morgan fingerprint density at radius 1 is 0.875 bits per heavy atom. The van der Waals surface area contributed by atoms with Crippen molar-refractivity contribution in [2.24, 2.45) is 11.8 Å². The van der Waals surface area contributed by atoms with Crippen LogP contribution in [0.4, 0.5) is 5.69 Å². The highest BCUT2D eigenvalue weighted by Crippen LogP contribution is 2.66. The first-order chi connectivity index (χ1) is 15.6. The molecule has 3 aliphatic carbocycles. The lowest BCUT2D eigenvalue weighted by molar-refractivity contribution is -0.122. The number of carbonyl (C=O) groups excluding carboxylic acids is 2. The lowest BCUT2D eigenvalue weighted by Gasteiger charge is -2.51. The average molecular weight is 488 g/mol. The van der Waals surface area contributed by atoms with Gasteiger partial charge >= 0.3 is 0 Å². The zero-order valence-corrected chi connectivity index (χ0v) is 19.2. The Kier molecular flexibility index (Phi) is 4.34. The van der Waals surface area contributed by atoms with Crippen molar-refractivity contribution in [3.05, 3.63) is 95.1 Å². The topological polar surface area (TPSA) is 46.6 Å². The second-order valence-corrected chi connectivity index (χ2v) is 9.95. The number of hydrogen-bond acceptors (Lipinski definition) is 3. The summed E-state index contributed by atoms with van der Waals surface area (Å²) in [5, 5.41) is 0. The van der Waals surface area contributed by atoms with E-state index in [-0.39, 0.29) is 17.7 Å². The lowest BCUT2D eigenvalue weighted by atomic mass is 9.55. The van der Waals surface area contributed by atoms with Crippen LogP contribution in [-0.4, -0.2) is 18.4 Å². The van der Waals surface area contributed by atoms with E-state index in [2.05, 4.69) is 40.2 Å². The third kappa shape index (κ3) is 2.37. The van der Waals surface area contributed by atoms with E-state index in [1.165, 1.54) is 4.90 Å². The fourth-order valence-corrected chi connectivity index (χ4v) is 7.10. The fourth-order valence-electron chi connectivity index (χ4n) is 5.89. The highest BCUT2D eigenvalue weighted by atomic mass is 79.9. The summed E-state index contributed by atoms with van der Waals surface area (Å²) in [5.41, 5.74) is 4.96. The molecule has 1 aliphatic heterocycles. The molecule has 160 valence electrons. The standard InChI is InChI=1S/C27H22BrNO3/c1-2-15-32-21-14-8-7-13-20(21)29-25(30)23-22-16-9-3-5-11-18(16)27(28,24(23)26(29)31)19-12-6-4-10-17(19)22/h3-14,22-24H,2,15H2,1H3/t22?,23-,24+,27?/m0/s1. The number of para-hydroxylation sites is 2. The van der Waals surface area contributed by atoms with E-state index in [1.54, 1.807) is 6.07 Å². The van der Waals surface area contributed by atoms with Crippen LogP contribution in [0.5, 0.6) is 5.75 Å². The first-order valence-electron chi connectivity index (χ1n) is 11.1. The normalized spacial score (nSPS) is 27.2. The van der Waals surface area contributed by atoms with Crippen molar-refractivity contribution >= 4 is 33.4 Å². The molecule has 2 bridgehead atoms. The molecule has 4 aliphatic rings. The van der Waals surface area contributed by atoms with Gasteiger partial charge in [-0.3, -0.25) is 9.59 Å². The number of amides is 2. The summed E-state index contributed by atoms with van der Waals surface area (Å²) in [6, 6.07) is 23.8. The van der Waals surface area contributed by atoms with Crippen molar-refractivity contribution in [2.45, 2.75) is 23.6 Å². The Balaban J connectivity index is 1.55. The predicted octanol–water partition coefficient (Wildman–Crippen LogP) is 5.38. The molecule has 1 heterocycles. The summed E-state index contributed by atoms with van der Waals surface area (Å²) in [4.78, 5) is 29.3. The fraction of sp³-hybridized carbons (Fsp3) is 0.259. The van der Waals surface area contributed by atoms with Gasteiger partial charge in [0.2, 0.25) is 11.8 Å². The number of nitrogens with zero attached hydrogens (tertiary/aromatic N) is 1. The number of imide groups is 1. The van der Waals surface area contributed by atoms with Crippen LogP contribution >= 0.6 is 15.9 Å². The third-order valence-electron chi connectivity index (χ3n) is 7.08. The minimum atomic E-state index is -0.736. The smallest absolute Gasteiger partial charge is 0.239 e. The number of halogens is 1. The minimum Gasteiger partial charge on any atom is -0.491 e. The van der Waals surface area contributed by atoms with Crippen molar-refractivity contribution in [3.8, 4) is 5.75 Å². The number of alkyl halides is 1. The average Bonchev–Trinajstić information content (AvgIpc) is 3.09. The minimum absolute atomic E-state index is 0.142. The van der Waals surface area contributed by atoms with Gasteiger partial charge in [-0.15, -0.1) is 0 Å². The zero-order valence-electron chi connectivity index (χ0n) is 17.6. The summed E-state index contributed by atoms with van der Waals surface area (Å²) < 4.78 is 5.17. The molecule has 3 aromatic rings. The summed E-state index contributed by atoms with van der Waals surface area (Å²) in [6.07, 6.45) is 0.846. The van der Waals surface area contributed by atoms with E-state index in [0.717, 1.165) is 28.7 Å². The molecule has 0 unspecified atom stereocenters. The van der Waals surface area contributed by atoms with Crippen LogP contribution in [0.15, 0.2) is 72.8 Å². The number of benzene rings is 3. The van der Waals surface area contributed by atoms with E-state index < -0.39 is 16.2 Å². The van der Waals surface area contributed by atoms with Gasteiger partial charge in [-0.1, -0.05) is 83.5 Å². The molecule has 0 N–H and O–H groups in total. The van der Waals surface area contributed by atoms with Crippen molar-refractivity contribution < 1.29 is 14.3 Å². The molecule has 32 heavy (non-hydrogen) atoms. The number of anilines is 1. The van der Waals surface area contributed by atoms with E-state index in [4.69, 9.17) is 4.74 Å². The summed E-state index contributed by atoms with van der Waals surface area (Å²) in [7, 11) is 0. The van der Waals surface area contributed by atoms with Gasteiger partial charge in [0.1, 0.15) is 5.75 Å². The van der Waals surface area contributed by atoms with Crippen molar-refractivity contribution in [3.63, 3.8) is 0 Å². The highest BCUT2D eigenvalue weighted by molar-refractivity contribution is 9.09. The van der Waals surface area contributed by atoms with Crippen LogP contribution < -0.4 is 9.64 Å². The van der Waals surface area contributed by atoms with Crippen molar-refractivity contribution in [1.29, 1.82) is 0 Å². The Bertz CT molecular complexity index is 1220. The van der Waals surface area contributed by atoms with Crippen molar-refractivity contribution in [1.82, 2.24) is 0 Å². The largest absolute Gasteiger partial charge is 0.491 e. The zero-order chi connectivity index (χ0) is 22.0. The van der Waals surface area contributed by atoms with Crippen LogP contribution in [0.3, 0.4) is 0 Å². The Hall–Kier alpha value is -2.92. The third-order valence-corrected chi connectivity index (χ3v) is 8.43. The van der Waals surface area contributed by atoms with Crippen molar-refractivity contribution in [2.75, 3.05) is 11.5 Å². The first kappa shape index (κ1) is 19.7. The quantitative estimate of drug-likeness (QED) is 0.366. The van der Waals surface area contributed by atoms with Gasteiger partial charge in [0.25, 0.3) is 0 Å². The maximum absolute atomic E-state index is 14.0. The van der Waals surface area contributed by atoms with Gasteiger partial charge in [-0.25, -0.2) is 4.90 Å². The molecule has 4 nitrogen and oxygen atoms in total. The number of carbonyl (C=O) groups is 2. The van der Waals surface area contributed by atoms with E-state index in [0.29, 0.717) is 18.0 Å². The summed E-state index contributed by atoms with van der Waals surface area (Å²) in [5.74, 6) is -0.851. The first-order valence-corrected chi connectivity index (χ1v) is 11.9. The molecule has 0 radical (unpaired) electrons. The van der Waals surface area contributed by atoms with Crippen LogP contribution in [-0.2, 0) is 13.9 Å². The second-order valence-electron chi connectivity index (χ2n) is 8.70. The number of rotatable bonds is 4. The molecule has 3 aromatic carbocycles. The van der Waals surface area contributed by atoms with Crippen LogP contribution in [0.1, 0.15) is 41.5 Å². The predicted molar refractivity (Wildman–Crippen MR) is 126 cm³/mol. The SMILES string of the molecule is CCCOc1ccccc1N1C(=O)[C@H]2C3c4ccccc4C(Br)(c4ccccc43)[C@H]2C1=O. The second kappa shape index (κ2) is 7.04. The molecule has 2 atom stereocenters. The lowest BCUT2D eigenvalue weighted by Crippen LogP contribution is -2.50. The molecule has 0 saturated carbocycles. The molecular formula is C27H22BrNO3. The highest BCUT2D eigenvalue weighted by Gasteiger charge is 2.67. The Labute approximate surface area is 195 Å². The Morgan fingerprint density at radius 2 is 1.47 bits per heavy atom. The van der Waals surface area contributed by atoms with Gasteiger partial charge in [0.05, 0.1) is 28.5 Å². The number of ether oxygens (including phenoxy) is 1. The van der Waals surface area contributed by atoms with Crippen LogP contribution in [0.25, 0.3) is 0 Å². The molecule has 7 rings (SSSR count). The van der Waals surface area contributed by atoms with Gasteiger partial charge in [0.15, 0.2) is 0 Å². The molecule has 0 spiro atoms. The van der Waals surface area contributed by atoms with Gasteiger partial charge in [0, 0.05) is 5.92 Å². The van der Waals surface area contributed by atoms with Crippen LogP contribution in [0.2, 0.25) is 0 Å². The van der Waals surface area contributed by atoms with Gasteiger partial charge < -0.3 is 4.74 Å². The van der Waals surface area contributed by atoms with Gasteiger partial charge in [-0.2, -0.15) is 0 Å². The molecule has 5 heteroatoms. The van der Waals surface area contributed by atoms with E-state index in [1.807, 2.05) is 49.4 Å². The Morgan fingerprint density at radius 3 is 2.12 bits per heavy atom. The molecule has 1 fully saturated rings. The molecular weight excluding hydrogens is 466 g/mol. The summed E-state index contributed by atoms with van der Waals surface area (Å²) >= 11 is 4.03. The maximum Gasteiger partial charge on any atom is 0.239 e. The molecule has 1 saturated heterocycles. The molecule has 0 aromatic heterocycles. The van der Waals surface area contributed by atoms with E-state index in [9.17, 15) is 9.59 Å².